The number of amides is 1. The number of fused-ring (bicyclic) bond motifs is 1. The van der Waals surface area contributed by atoms with Gasteiger partial charge in [0.1, 0.15) is 5.60 Å². The maximum atomic E-state index is 11.9. The van der Waals surface area contributed by atoms with Gasteiger partial charge >= 0.3 is 6.09 Å². The number of aliphatic hydroxyl groups is 1. The van der Waals surface area contributed by atoms with Crippen LogP contribution in [-0.2, 0) is 24.0 Å². The van der Waals surface area contributed by atoms with E-state index in [9.17, 15) is 4.79 Å². The second-order valence-electron chi connectivity index (χ2n) is 7.02. The van der Waals surface area contributed by atoms with E-state index in [1.807, 2.05) is 20.8 Å². The third-order valence-electron chi connectivity index (χ3n) is 3.84. The van der Waals surface area contributed by atoms with Gasteiger partial charge in [0.15, 0.2) is 0 Å². The van der Waals surface area contributed by atoms with Gasteiger partial charge in [-0.3, -0.25) is 0 Å². The van der Waals surface area contributed by atoms with Gasteiger partial charge in [0.05, 0.1) is 0 Å². The number of aliphatic hydroxyl groups excluding tert-OH is 1. The quantitative estimate of drug-likeness (QED) is 0.899. The molecule has 122 valence electrons. The largest absolute Gasteiger partial charge is 0.444 e. The van der Waals surface area contributed by atoms with Crippen LogP contribution in [0.3, 0.4) is 0 Å². The molecule has 0 radical (unpaired) electrons. The van der Waals surface area contributed by atoms with Gasteiger partial charge in [-0.2, -0.15) is 0 Å². The molecule has 1 aromatic carbocycles. The molecule has 2 rings (SSSR count). The van der Waals surface area contributed by atoms with E-state index >= 15 is 0 Å². The van der Waals surface area contributed by atoms with E-state index in [4.69, 9.17) is 9.84 Å². The van der Waals surface area contributed by atoms with E-state index in [2.05, 4.69) is 23.5 Å². The lowest BCUT2D eigenvalue weighted by Gasteiger charge is -2.27. The highest BCUT2D eigenvalue weighted by Gasteiger charge is 2.23. The predicted molar refractivity (Wildman–Crippen MR) is 87.0 cm³/mol. The van der Waals surface area contributed by atoms with E-state index in [0.717, 1.165) is 32.1 Å². The molecule has 0 aromatic heterocycles. The number of hydrogen-bond acceptors (Lipinski definition) is 3. The van der Waals surface area contributed by atoms with Gasteiger partial charge in [-0.05, 0) is 69.6 Å². The van der Waals surface area contributed by atoms with Crippen LogP contribution in [0, 0.1) is 0 Å². The van der Waals surface area contributed by atoms with Crippen LogP contribution in [0.2, 0.25) is 0 Å². The lowest BCUT2D eigenvalue weighted by Crippen LogP contribution is -2.41. The molecule has 1 aliphatic rings. The summed E-state index contributed by atoms with van der Waals surface area (Å²) >= 11 is 0. The zero-order chi connectivity index (χ0) is 16.2. The number of ether oxygens (including phenoxy) is 1. The Balaban J connectivity index is 1.96. The van der Waals surface area contributed by atoms with E-state index in [1.165, 1.54) is 16.7 Å². The first-order valence-corrected chi connectivity index (χ1v) is 8.08. The first-order valence-electron chi connectivity index (χ1n) is 8.08. The highest BCUT2D eigenvalue weighted by Crippen LogP contribution is 2.23. The smallest absolute Gasteiger partial charge is 0.407 e. The van der Waals surface area contributed by atoms with Crippen molar-refractivity contribution in [3.63, 3.8) is 0 Å². The maximum absolute atomic E-state index is 11.9. The van der Waals surface area contributed by atoms with Gasteiger partial charge in [0.25, 0.3) is 0 Å². The lowest BCUT2D eigenvalue weighted by molar-refractivity contribution is 0.0500. The molecule has 1 atom stereocenters. The summed E-state index contributed by atoms with van der Waals surface area (Å²) in [7, 11) is 0. The highest BCUT2D eigenvalue weighted by molar-refractivity contribution is 5.68. The topological polar surface area (TPSA) is 58.6 Å². The monoisotopic (exact) mass is 305 g/mol. The standard InChI is InChI=1S/C18H27NO3/c1-18(2,3)22-17(21)19-16-9-8-14-7-6-13(5-4-10-20)11-15(14)12-16/h6-7,11,16,20H,4-5,8-10,12H2,1-3H3,(H,19,21)/t16-/m0/s1. The third-order valence-corrected chi connectivity index (χ3v) is 3.84. The predicted octanol–water partition coefficient (Wildman–Crippen LogP) is 2.99. The Kier molecular flexibility index (Phi) is 5.46. The van der Waals surface area contributed by atoms with Crippen molar-refractivity contribution in [3.05, 3.63) is 34.9 Å². The van der Waals surface area contributed by atoms with Crippen molar-refractivity contribution < 1.29 is 14.6 Å². The average molecular weight is 305 g/mol. The van der Waals surface area contributed by atoms with E-state index in [-0.39, 0.29) is 18.7 Å². The molecule has 2 N–H and O–H groups in total. The summed E-state index contributed by atoms with van der Waals surface area (Å²) in [6.45, 7) is 5.84. The maximum Gasteiger partial charge on any atom is 0.407 e. The van der Waals surface area contributed by atoms with Gasteiger partial charge in [-0.1, -0.05) is 18.2 Å². The Morgan fingerprint density at radius 3 is 2.82 bits per heavy atom. The average Bonchev–Trinajstić information content (AvgIpc) is 2.42. The summed E-state index contributed by atoms with van der Waals surface area (Å²) in [5.74, 6) is 0. The Bertz CT molecular complexity index is 520. The normalized spacial score (nSPS) is 17.7. The van der Waals surface area contributed by atoms with Crippen LogP contribution in [0.4, 0.5) is 4.79 Å². The Morgan fingerprint density at radius 1 is 1.36 bits per heavy atom. The number of carbonyl (C=O) groups is 1. The summed E-state index contributed by atoms with van der Waals surface area (Å²) in [5, 5.41) is 11.9. The van der Waals surface area contributed by atoms with Crippen molar-refractivity contribution in [1.29, 1.82) is 0 Å². The molecule has 0 fully saturated rings. The van der Waals surface area contributed by atoms with Gasteiger partial charge in [0.2, 0.25) is 0 Å². The molecule has 0 saturated carbocycles. The first-order chi connectivity index (χ1) is 10.4. The van der Waals surface area contributed by atoms with Crippen LogP contribution < -0.4 is 5.32 Å². The molecular formula is C18H27NO3. The summed E-state index contributed by atoms with van der Waals surface area (Å²) in [6.07, 6.45) is 4.13. The summed E-state index contributed by atoms with van der Waals surface area (Å²) in [6, 6.07) is 6.69. The number of rotatable bonds is 4. The number of alkyl carbamates (subject to hydrolysis) is 1. The minimum absolute atomic E-state index is 0.135. The molecule has 0 spiro atoms. The second kappa shape index (κ2) is 7.14. The zero-order valence-corrected chi connectivity index (χ0v) is 13.8. The fourth-order valence-corrected chi connectivity index (χ4v) is 2.85. The minimum atomic E-state index is -0.464. The molecule has 0 heterocycles. The molecular weight excluding hydrogens is 278 g/mol. The van der Waals surface area contributed by atoms with Crippen LogP contribution in [-0.4, -0.2) is 29.4 Å². The van der Waals surface area contributed by atoms with Crippen molar-refractivity contribution in [2.45, 2.75) is 64.5 Å². The number of carbonyl (C=O) groups excluding carboxylic acids is 1. The lowest BCUT2D eigenvalue weighted by atomic mass is 9.87. The Morgan fingerprint density at radius 2 is 2.14 bits per heavy atom. The van der Waals surface area contributed by atoms with Crippen molar-refractivity contribution in [2.75, 3.05) is 6.61 Å². The second-order valence-corrected chi connectivity index (χ2v) is 7.02. The van der Waals surface area contributed by atoms with Crippen LogP contribution in [0.5, 0.6) is 0 Å². The third kappa shape index (κ3) is 5.02. The molecule has 4 heteroatoms. The molecule has 0 bridgehead atoms. The molecule has 22 heavy (non-hydrogen) atoms. The van der Waals surface area contributed by atoms with Crippen LogP contribution >= 0.6 is 0 Å². The minimum Gasteiger partial charge on any atom is -0.444 e. The van der Waals surface area contributed by atoms with Crippen LogP contribution in [0.15, 0.2) is 18.2 Å². The summed E-state index contributed by atoms with van der Waals surface area (Å²) in [4.78, 5) is 11.9. The van der Waals surface area contributed by atoms with Crippen molar-refractivity contribution in [3.8, 4) is 0 Å². The zero-order valence-electron chi connectivity index (χ0n) is 13.8. The number of aryl methyl sites for hydroxylation is 2. The van der Waals surface area contributed by atoms with Crippen molar-refractivity contribution >= 4 is 6.09 Å². The van der Waals surface area contributed by atoms with Crippen molar-refractivity contribution in [1.82, 2.24) is 5.32 Å². The molecule has 0 unspecified atom stereocenters. The molecule has 1 aromatic rings. The number of nitrogens with one attached hydrogen (secondary N) is 1. The van der Waals surface area contributed by atoms with Gasteiger partial charge in [0, 0.05) is 12.6 Å². The first kappa shape index (κ1) is 16.8. The summed E-state index contributed by atoms with van der Waals surface area (Å²) in [5.41, 5.74) is 3.47. The van der Waals surface area contributed by atoms with Crippen LogP contribution in [0.1, 0.15) is 50.3 Å². The summed E-state index contributed by atoms with van der Waals surface area (Å²) < 4.78 is 5.33. The number of benzene rings is 1. The van der Waals surface area contributed by atoms with Gasteiger partial charge in [-0.25, -0.2) is 4.79 Å². The fourth-order valence-electron chi connectivity index (χ4n) is 2.85. The highest BCUT2D eigenvalue weighted by atomic mass is 16.6. The van der Waals surface area contributed by atoms with Crippen molar-refractivity contribution in [2.24, 2.45) is 0 Å². The molecule has 1 aliphatic carbocycles. The van der Waals surface area contributed by atoms with Gasteiger partial charge in [-0.15, -0.1) is 0 Å². The molecule has 1 amide bonds. The SMILES string of the molecule is CC(C)(C)OC(=O)N[C@H]1CCc2ccc(CCCO)cc2C1. The van der Waals surface area contributed by atoms with E-state index in [0.29, 0.717) is 0 Å². The Hall–Kier alpha value is -1.55. The van der Waals surface area contributed by atoms with E-state index < -0.39 is 5.60 Å². The Labute approximate surface area is 132 Å². The van der Waals surface area contributed by atoms with Gasteiger partial charge < -0.3 is 15.2 Å². The van der Waals surface area contributed by atoms with Crippen LogP contribution in [0.25, 0.3) is 0 Å². The van der Waals surface area contributed by atoms with E-state index in [1.54, 1.807) is 0 Å². The number of hydrogen-bond donors (Lipinski definition) is 2. The molecule has 0 aliphatic heterocycles. The fraction of sp³-hybridized carbons (Fsp3) is 0.611. The molecule has 0 saturated heterocycles. The molecule has 4 nitrogen and oxygen atoms in total.